The van der Waals surface area contributed by atoms with Gasteiger partial charge in [0.1, 0.15) is 0 Å². The predicted octanol–water partition coefficient (Wildman–Crippen LogP) is 1.68. The van der Waals surface area contributed by atoms with Gasteiger partial charge in [0, 0.05) is 24.2 Å². The van der Waals surface area contributed by atoms with Crippen LogP contribution in [0.1, 0.15) is 23.2 Å². The second kappa shape index (κ2) is 5.56. The van der Waals surface area contributed by atoms with Crippen molar-refractivity contribution in [2.75, 3.05) is 6.61 Å². The highest BCUT2D eigenvalue weighted by Crippen LogP contribution is 2.36. The topological polar surface area (TPSA) is 66.6 Å². The lowest BCUT2D eigenvalue weighted by molar-refractivity contribution is 0.158. The zero-order chi connectivity index (χ0) is 15.9. The van der Waals surface area contributed by atoms with Crippen LogP contribution in [0, 0.1) is 0 Å². The number of rotatable bonds is 4. The molecule has 0 amide bonds. The van der Waals surface area contributed by atoms with E-state index in [2.05, 4.69) is 22.4 Å². The molecule has 1 unspecified atom stereocenters. The molecule has 5 nitrogen and oxygen atoms in total. The number of aryl methyl sites for hydroxylation is 1. The van der Waals surface area contributed by atoms with Gasteiger partial charge in [0.15, 0.2) is 4.96 Å². The van der Waals surface area contributed by atoms with Crippen LogP contribution in [0.25, 0.3) is 4.96 Å². The van der Waals surface area contributed by atoms with Crippen LogP contribution in [0.2, 0.25) is 0 Å². The maximum absolute atomic E-state index is 12.1. The Morgan fingerprint density at radius 3 is 3.13 bits per heavy atom. The molecule has 0 saturated carbocycles. The molecular weight excluding hydrogens is 310 g/mol. The summed E-state index contributed by atoms with van der Waals surface area (Å²) in [5, 5.41) is 15.3. The number of hydrogen-bond acceptors (Lipinski definition) is 5. The maximum atomic E-state index is 12.1. The van der Waals surface area contributed by atoms with Crippen LogP contribution in [0.15, 0.2) is 46.7 Å². The fourth-order valence-electron chi connectivity index (χ4n) is 3.33. The predicted molar refractivity (Wildman–Crippen MR) is 89.7 cm³/mol. The fraction of sp³-hybridized carbons (Fsp3) is 0.294. The standard InChI is InChI=1S/C17H17N3O2S/c21-11-17(6-5-12-3-1-2-4-14(12)17)18-10-13-9-15(22)20-7-8-23-16(20)19-13/h1-4,7-9,18,21H,5-6,10-11H2. The molecule has 23 heavy (non-hydrogen) atoms. The molecule has 0 saturated heterocycles. The van der Waals surface area contributed by atoms with Crippen molar-refractivity contribution in [1.82, 2.24) is 14.7 Å². The van der Waals surface area contributed by atoms with Crippen molar-refractivity contribution in [3.8, 4) is 0 Å². The van der Waals surface area contributed by atoms with Gasteiger partial charge in [-0.2, -0.15) is 0 Å². The van der Waals surface area contributed by atoms with Crippen molar-refractivity contribution in [3.63, 3.8) is 0 Å². The fourth-order valence-corrected chi connectivity index (χ4v) is 4.07. The number of hydrogen-bond donors (Lipinski definition) is 2. The Hall–Kier alpha value is -2.02. The quantitative estimate of drug-likeness (QED) is 0.765. The molecule has 1 aromatic carbocycles. The van der Waals surface area contributed by atoms with E-state index >= 15 is 0 Å². The highest BCUT2D eigenvalue weighted by molar-refractivity contribution is 7.15. The minimum absolute atomic E-state index is 0.0320. The van der Waals surface area contributed by atoms with Crippen LogP contribution >= 0.6 is 11.3 Å². The molecule has 0 fully saturated rings. The van der Waals surface area contributed by atoms with E-state index in [9.17, 15) is 9.90 Å². The monoisotopic (exact) mass is 327 g/mol. The summed E-state index contributed by atoms with van der Waals surface area (Å²) in [6.07, 6.45) is 3.53. The molecule has 118 valence electrons. The van der Waals surface area contributed by atoms with E-state index in [1.54, 1.807) is 16.7 Å². The zero-order valence-electron chi connectivity index (χ0n) is 12.5. The Labute approximate surface area is 137 Å². The van der Waals surface area contributed by atoms with Crippen LogP contribution in [0.5, 0.6) is 0 Å². The zero-order valence-corrected chi connectivity index (χ0v) is 13.3. The van der Waals surface area contributed by atoms with Crippen molar-refractivity contribution in [1.29, 1.82) is 0 Å². The number of aliphatic hydroxyl groups is 1. The Morgan fingerprint density at radius 2 is 2.26 bits per heavy atom. The number of nitrogens with one attached hydrogen (secondary N) is 1. The largest absolute Gasteiger partial charge is 0.394 e. The first-order valence-electron chi connectivity index (χ1n) is 7.62. The summed E-state index contributed by atoms with van der Waals surface area (Å²) in [5.74, 6) is 0. The van der Waals surface area contributed by atoms with Crippen LogP contribution in [0.3, 0.4) is 0 Å². The van der Waals surface area contributed by atoms with E-state index in [0.29, 0.717) is 17.2 Å². The minimum atomic E-state index is -0.446. The molecule has 6 heteroatoms. The lowest BCUT2D eigenvalue weighted by Crippen LogP contribution is -2.43. The first-order valence-corrected chi connectivity index (χ1v) is 8.50. The number of thiazole rings is 1. The van der Waals surface area contributed by atoms with Crippen LogP contribution in [0.4, 0.5) is 0 Å². The van der Waals surface area contributed by atoms with E-state index in [1.807, 2.05) is 17.5 Å². The SMILES string of the molecule is O=c1cc(CNC2(CO)CCc3ccccc32)nc2sccn12. The summed E-state index contributed by atoms with van der Waals surface area (Å²) in [5.41, 5.74) is 2.61. The van der Waals surface area contributed by atoms with Gasteiger partial charge in [-0.25, -0.2) is 4.98 Å². The van der Waals surface area contributed by atoms with E-state index in [-0.39, 0.29) is 12.2 Å². The van der Waals surface area contributed by atoms with Crippen molar-refractivity contribution in [2.45, 2.75) is 24.9 Å². The lowest BCUT2D eigenvalue weighted by Gasteiger charge is -2.29. The molecule has 1 aliphatic carbocycles. The van der Waals surface area contributed by atoms with Gasteiger partial charge in [-0.15, -0.1) is 11.3 Å². The molecule has 1 atom stereocenters. The molecule has 2 heterocycles. The van der Waals surface area contributed by atoms with Crippen LogP contribution < -0.4 is 10.9 Å². The third-order valence-electron chi connectivity index (χ3n) is 4.59. The third kappa shape index (κ3) is 2.39. The van der Waals surface area contributed by atoms with Crippen molar-refractivity contribution < 1.29 is 5.11 Å². The molecular formula is C17H17N3O2S. The van der Waals surface area contributed by atoms with Crippen molar-refractivity contribution in [3.05, 3.63) is 69.1 Å². The Balaban J connectivity index is 1.63. The molecule has 3 aromatic rings. The highest BCUT2D eigenvalue weighted by atomic mass is 32.1. The van der Waals surface area contributed by atoms with Crippen molar-refractivity contribution in [2.24, 2.45) is 0 Å². The molecule has 0 aliphatic heterocycles. The highest BCUT2D eigenvalue weighted by Gasteiger charge is 2.37. The smallest absolute Gasteiger partial charge is 0.258 e. The van der Waals surface area contributed by atoms with Gasteiger partial charge >= 0.3 is 0 Å². The average molecular weight is 327 g/mol. The van der Waals surface area contributed by atoms with Gasteiger partial charge in [0.25, 0.3) is 5.56 Å². The van der Waals surface area contributed by atoms with Gasteiger partial charge in [-0.05, 0) is 24.0 Å². The van der Waals surface area contributed by atoms with Gasteiger partial charge in [-0.3, -0.25) is 14.5 Å². The summed E-state index contributed by atoms with van der Waals surface area (Å²) in [6, 6.07) is 9.75. The number of fused-ring (bicyclic) bond motifs is 2. The van der Waals surface area contributed by atoms with Gasteiger partial charge in [-0.1, -0.05) is 24.3 Å². The summed E-state index contributed by atoms with van der Waals surface area (Å²) in [6.45, 7) is 0.489. The lowest BCUT2D eigenvalue weighted by atomic mass is 9.92. The normalized spacial score (nSPS) is 20.0. The van der Waals surface area contributed by atoms with E-state index in [1.165, 1.54) is 16.9 Å². The molecule has 0 bridgehead atoms. The van der Waals surface area contributed by atoms with Crippen LogP contribution in [-0.4, -0.2) is 21.1 Å². The first-order chi connectivity index (χ1) is 11.2. The second-order valence-electron chi connectivity index (χ2n) is 5.89. The number of aliphatic hydroxyl groups excluding tert-OH is 1. The third-order valence-corrected chi connectivity index (χ3v) is 5.34. The Kier molecular flexibility index (Phi) is 3.52. The Bertz CT molecular complexity index is 917. The summed E-state index contributed by atoms with van der Waals surface area (Å²) < 4.78 is 1.54. The molecule has 0 radical (unpaired) electrons. The van der Waals surface area contributed by atoms with Gasteiger partial charge < -0.3 is 5.11 Å². The van der Waals surface area contributed by atoms with E-state index in [0.717, 1.165) is 18.4 Å². The minimum Gasteiger partial charge on any atom is -0.394 e. The van der Waals surface area contributed by atoms with Gasteiger partial charge in [0.05, 0.1) is 17.8 Å². The van der Waals surface area contributed by atoms with Crippen LogP contribution in [-0.2, 0) is 18.5 Å². The average Bonchev–Trinajstić information content (AvgIpc) is 3.18. The van der Waals surface area contributed by atoms with E-state index < -0.39 is 5.54 Å². The molecule has 2 N–H and O–H groups in total. The van der Waals surface area contributed by atoms with Crippen molar-refractivity contribution >= 4 is 16.3 Å². The molecule has 2 aromatic heterocycles. The maximum Gasteiger partial charge on any atom is 0.258 e. The molecule has 1 aliphatic rings. The summed E-state index contributed by atoms with van der Waals surface area (Å²) in [7, 11) is 0. The molecule has 0 spiro atoms. The number of aromatic nitrogens is 2. The number of benzene rings is 1. The Morgan fingerprint density at radius 1 is 1.39 bits per heavy atom. The van der Waals surface area contributed by atoms with E-state index in [4.69, 9.17) is 0 Å². The summed E-state index contributed by atoms with van der Waals surface area (Å²) >= 11 is 1.44. The van der Waals surface area contributed by atoms with Gasteiger partial charge in [0.2, 0.25) is 0 Å². The molecule has 4 rings (SSSR count). The number of nitrogens with zero attached hydrogens (tertiary/aromatic N) is 2. The second-order valence-corrected chi connectivity index (χ2v) is 6.77. The first kappa shape index (κ1) is 14.6. The summed E-state index contributed by atoms with van der Waals surface area (Å²) in [4.78, 5) is 17.3.